The third kappa shape index (κ3) is 3.13. The minimum absolute atomic E-state index is 0.242. The molecule has 2 N–H and O–H groups in total. The van der Waals surface area contributed by atoms with Crippen molar-refractivity contribution in [2.75, 3.05) is 13.7 Å². The molecular formula is C15H20N4O3S. The third-order valence-electron chi connectivity index (χ3n) is 4.39. The lowest BCUT2D eigenvalue weighted by atomic mass is 9.89. The van der Waals surface area contributed by atoms with Crippen LogP contribution in [0.15, 0.2) is 9.59 Å². The van der Waals surface area contributed by atoms with Crippen LogP contribution >= 0.6 is 12.2 Å². The first-order valence-electron chi connectivity index (χ1n) is 7.88. The Bertz CT molecular complexity index is 877. The van der Waals surface area contributed by atoms with Crippen molar-refractivity contribution in [1.29, 1.82) is 0 Å². The van der Waals surface area contributed by atoms with Gasteiger partial charge in [-0.15, -0.1) is 0 Å². The number of nitrogens with zero attached hydrogens (tertiary/aromatic N) is 2. The van der Waals surface area contributed by atoms with E-state index in [0.29, 0.717) is 24.7 Å². The number of nitrogens with one attached hydrogen (secondary N) is 2. The summed E-state index contributed by atoms with van der Waals surface area (Å²) in [6.07, 6.45) is 5.67. The molecule has 1 saturated carbocycles. The van der Waals surface area contributed by atoms with Crippen LogP contribution in [0.25, 0.3) is 11.0 Å². The molecule has 0 amide bonds. The highest BCUT2D eigenvalue weighted by molar-refractivity contribution is 7.71. The second-order valence-electron chi connectivity index (χ2n) is 5.89. The van der Waals surface area contributed by atoms with E-state index < -0.39 is 11.2 Å². The Morgan fingerprint density at radius 1 is 1.26 bits per heavy atom. The van der Waals surface area contributed by atoms with Crippen molar-refractivity contribution in [3.05, 3.63) is 31.3 Å². The zero-order valence-corrected chi connectivity index (χ0v) is 13.9. The molecule has 23 heavy (non-hydrogen) atoms. The minimum Gasteiger partial charge on any atom is -0.383 e. The van der Waals surface area contributed by atoms with E-state index in [9.17, 15) is 9.59 Å². The molecule has 3 rings (SSSR count). The molecule has 0 aromatic carbocycles. The molecule has 0 bridgehead atoms. The van der Waals surface area contributed by atoms with E-state index in [-0.39, 0.29) is 10.0 Å². The monoisotopic (exact) mass is 336 g/mol. The summed E-state index contributed by atoms with van der Waals surface area (Å²) in [6.45, 7) is 0.699. The number of rotatable bonds is 4. The summed E-state index contributed by atoms with van der Waals surface area (Å²) in [4.78, 5) is 34.2. The molecule has 1 aliphatic rings. The van der Waals surface area contributed by atoms with Gasteiger partial charge >= 0.3 is 5.69 Å². The Morgan fingerprint density at radius 2 is 2.00 bits per heavy atom. The van der Waals surface area contributed by atoms with Crippen molar-refractivity contribution in [1.82, 2.24) is 19.5 Å². The van der Waals surface area contributed by atoms with E-state index in [2.05, 4.69) is 15.0 Å². The highest BCUT2D eigenvalue weighted by atomic mass is 32.1. The van der Waals surface area contributed by atoms with Crippen LogP contribution in [-0.4, -0.2) is 33.2 Å². The second-order valence-corrected chi connectivity index (χ2v) is 6.28. The zero-order valence-electron chi connectivity index (χ0n) is 13.1. The van der Waals surface area contributed by atoms with Gasteiger partial charge in [-0.3, -0.25) is 14.3 Å². The molecular weight excluding hydrogens is 316 g/mol. The van der Waals surface area contributed by atoms with Gasteiger partial charge in [0.2, 0.25) is 0 Å². The second kappa shape index (κ2) is 6.76. The number of fused-ring (bicyclic) bond motifs is 1. The zero-order chi connectivity index (χ0) is 16.4. The third-order valence-corrected chi connectivity index (χ3v) is 4.69. The van der Waals surface area contributed by atoms with Gasteiger partial charge in [0, 0.05) is 13.0 Å². The molecule has 2 aromatic rings. The summed E-state index contributed by atoms with van der Waals surface area (Å²) in [6, 6.07) is 0. The van der Waals surface area contributed by atoms with Crippen molar-refractivity contribution >= 4 is 23.3 Å². The number of methoxy groups -OCH3 is 1. The first kappa shape index (κ1) is 16.1. The van der Waals surface area contributed by atoms with Crippen LogP contribution in [0.4, 0.5) is 0 Å². The van der Waals surface area contributed by atoms with Crippen LogP contribution in [0.5, 0.6) is 0 Å². The summed E-state index contributed by atoms with van der Waals surface area (Å²) < 4.78 is 6.75. The molecule has 0 aliphatic heterocycles. The molecule has 2 aromatic heterocycles. The summed E-state index contributed by atoms with van der Waals surface area (Å²) in [5, 5.41) is 0.260. The van der Waals surface area contributed by atoms with E-state index in [1.165, 1.54) is 11.0 Å². The Kier molecular flexibility index (Phi) is 4.72. The van der Waals surface area contributed by atoms with Crippen LogP contribution in [0.3, 0.4) is 0 Å². The minimum atomic E-state index is -0.498. The number of aromatic amines is 2. The van der Waals surface area contributed by atoms with Gasteiger partial charge in [0.1, 0.15) is 21.5 Å². The Morgan fingerprint density at radius 3 is 2.70 bits per heavy atom. The largest absolute Gasteiger partial charge is 0.383 e. The summed E-state index contributed by atoms with van der Waals surface area (Å²) >= 11 is 5.32. The molecule has 0 atom stereocenters. The molecule has 2 heterocycles. The average molecular weight is 336 g/mol. The van der Waals surface area contributed by atoms with Gasteiger partial charge in [-0.1, -0.05) is 31.5 Å². The fraction of sp³-hybridized carbons (Fsp3) is 0.600. The lowest BCUT2D eigenvalue weighted by molar-refractivity contribution is 0.187. The Balaban J connectivity index is 2.21. The van der Waals surface area contributed by atoms with Gasteiger partial charge in [0.25, 0.3) is 5.56 Å². The van der Waals surface area contributed by atoms with Crippen LogP contribution < -0.4 is 11.2 Å². The van der Waals surface area contributed by atoms with Crippen LogP contribution in [-0.2, 0) is 11.3 Å². The normalized spacial score (nSPS) is 16.0. The fourth-order valence-electron chi connectivity index (χ4n) is 3.18. The van der Waals surface area contributed by atoms with Gasteiger partial charge in [-0.25, -0.2) is 9.78 Å². The number of hydrogen-bond acceptors (Lipinski definition) is 5. The first-order valence-corrected chi connectivity index (χ1v) is 8.28. The molecule has 0 unspecified atom stereocenters. The van der Waals surface area contributed by atoms with Crippen molar-refractivity contribution in [2.24, 2.45) is 0 Å². The summed E-state index contributed by atoms with van der Waals surface area (Å²) in [7, 11) is 1.57. The van der Waals surface area contributed by atoms with Gasteiger partial charge in [0.05, 0.1) is 13.2 Å². The van der Waals surface area contributed by atoms with Crippen molar-refractivity contribution in [2.45, 2.75) is 44.6 Å². The predicted molar refractivity (Wildman–Crippen MR) is 89.5 cm³/mol. The van der Waals surface area contributed by atoms with Crippen molar-refractivity contribution in [3.8, 4) is 0 Å². The van der Waals surface area contributed by atoms with E-state index >= 15 is 0 Å². The summed E-state index contributed by atoms with van der Waals surface area (Å²) in [5.41, 5.74) is -0.523. The maximum Gasteiger partial charge on any atom is 0.330 e. The van der Waals surface area contributed by atoms with Gasteiger partial charge in [-0.05, 0) is 12.8 Å². The predicted octanol–water partition coefficient (Wildman–Crippen LogP) is 1.84. The lowest BCUT2D eigenvalue weighted by Crippen LogP contribution is -2.32. The molecule has 0 radical (unpaired) electrons. The van der Waals surface area contributed by atoms with Crippen LogP contribution in [0.2, 0.25) is 0 Å². The van der Waals surface area contributed by atoms with Gasteiger partial charge < -0.3 is 9.72 Å². The van der Waals surface area contributed by atoms with E-state index in [1.807, 2.05) is 0 Å². The van der Waals surface area contributed by atoms with Crippen LogP contribution in [0, 0.1) is 4.64 Å². The highest BCUT2D eigenvalue weighted by Crippen LogP contribution is 2.30. The van der Waals surface area contributed by atoms with Crippen molar-refractivity contribution < 1.29 is 4.74 Å². The van der Waals surface area contributed by atoms with Crippen molar-refractivity contribution in [3.63, 3.8) is 0 Å². The number of H-pyrrole nitrogens is 2. The highest BCUT2D eigenvalue weighted by Gasteiger charge is 2.20. The molecule has 1 aliphatic carbocycles. The number of hydrogen-bond donors (Lipinski definition) is 2. The van der Waals surface area contributed by atoms with Gasteiger partial charge in [0.15, 0.2) is 0 Å². The van der Waals surface area contributed by atoms with E-state index in [4.69, 9.17) is 17.0 Å². The Hall–Kier alpha value is -1.80. The number of ether oxygens (including phenoxy) is 1. The topological polar surface area (TPSA) is 92.8 Å². The first-order chi connectivity index (χ1) is 11.1. The molecule has 124 valence electrons. The maximum absolute atomic E-state index is 12.1. The molecule has 1 fully saturated rings. The number of aromatic nitrogens is 4. The molecule has 0 saturated heterocycles. The fourth-order valence-corrected chi connectivity index (χ4v) is 3.47. The molecule has 8 heteroatoms. The quantitative estimate of drug-likeness (QED) is 0.831. The summed E-state index contributed by atoms with van der Waals surface area (Å²) in [5.74, 6) is 1.08. The Labute approximate surface area is 137 Å². The average Bonchev–Trinajstić information content (AvgIpc) is 2.54. The molecule has 7 nitrogen and oxygen atoms in total. The SMILES string of the molecule is COCCn1c(=O)[nH]c(=O)c2c(=S)nc(C3CCCCC3)[nH]c21. The maximum atomic E-state index is 12.1. The molecule has 0 spiro atoms. The van der Waals surface area contributed by atoms with E-state index in [1.54, 1.807) is 7.11 Å². The lowest BCUT2D eigenvalue weighted by Gasteiger charge is -2.21. The van der Waals surface area contributed by atoms with Crippen LogP contribution in [0.1, 0.15) is 43.8 Å². The van der Waals surface area contributed by atoms with E-state index in [0.717, 1.165) is 31.5 Å². The standard InChI is InChI=1S/C15H20N4O3S/c1-22-8-7-19-12-10(13(20)18-15(19)21)14(23)17-11(16-12)9-5-3-2-4-6-9/h9H,2-8H2,1H3,(H,16,17,23)(H,18,20,21). The van der Waals surface area contributed by atoms with Gasteiger partial charge in [-0.2, -0.15) is 0 Å². The smallest absolute Gasteiger partial charge is 0.330 e.